The van der Waals surface area contributed by atoms with Crippen molar-refractivity contribution in [3.05, 3.63) is 48.7 Å². The van der Waals surface area contributed by atoms with Gasteiger partial charge in [0.15, 0.2) is 0 Å². The average molecular weight is 163 g/mol. The van der Waals surface area contributed by atoms with Gasteiger partial charge in [0.1, 0.15) is 0 Å². The predicted molar refractivity (Wildman–Crippen MR) is 45.2 cm³/mol. The van der Waals surface area contributed by atoms with Gasteiger partial charge in [0.2, 0.25) is 0 Å². The number of benzene rings is 1. The van der Waals surface area contributed by atoms with Crippen molar-refractivity contribution in [1.82, 2.24) is 5.48 Å². The maximum atomic E-state index is 11.1. The SMILES string of the molecule is C=CNOC(=O)c1ccccc1. The number of hydrogen-bond acceptors (Lipinski definition) is 3. The minimum absolute atomic E-state index is 0.421. The summed E-state index contributed by atoms with van der Waals surface area (Å²) in [5.74, 6) is -0.421. The molecule has 0 aromatic heterocycles. The molecule has 62 valence electrons. The molecule has 0 aliphatic heterocycles. The summed E-state index contributed by atoms with van der Waals surface area (Å²) >= 11 is 0. The third-order valence-corrected chi connectivity index (χ3v) is 1.24. The number of hydrogen-bond donors (Lipinski definition) is 1. The van der Waals surface area contributed by atoms with Gasteiger partial charge in [0.05, 0.1) is 5.56 Å². The van der Waals surface area contributed by atoms with Crippen LogP contribution in [0.15, 0.2) is 43.1 Å². The van der Waals surface area contributed by atoms with Crippen LogP contribution in [0.4, 0.5) is 0 Å². The Morgan fingerprint density at radius 1 is 1.42 bits per heavy atom. The van der Waals surface area contributed by atoms with Crippen LogP contribution in [0.2, 0.25) is 0 Å². The lowest BCUT2D eigenvalue weighted by Gasteiger charge is -2.00. The monoisotopic (exact) mass is 163 g/mol. The second-order valence-corrected chi connectivity index (χ2v) is 2.08. The predicted octanol–water partition coefficient (Wildman–Crippen LogP) is 1.49. The first-order valence-electron chi connectivity index (χ1n) is 3.47. The van der Waals surface area contributed by atoms with Crippen LogP contribution in [0.1, 0.15) is 10.4 Å². The molecule has 12 heavy (non-hydrogen) atoms. The first-order chi connectivity index (χ1) is 5.84. The van der Waals surface area contributed by atoms with Crippen molar-refractivity contribution in [2.75, 3.05) is 0 Å². The van der Waals surface area contributed by atoms with Gasteiger partial charge >= 0.3 is 5.97 Å². The van der Waals surface area contributed by atoms with Gasteiger partial charge in [-0.2, -0.15) is 0 Å². The first-order valence-corrected chi connectivity index (χ1v) is 3.47. The molecule has 0 amide bonds. The smallest absolute Gasteiger partial charge is 0.339 e. The summed E-state index contributed by atoms with van der Waals surface area (Å²) in [6.45, 7) is 3.34. The van der Waals surface area contributed by atoms with Crippen molar-refractivity contribution in [2.24, 2.45) is 0 Å². The molecule has 0 atom stereocenters. The molecule has 0 radical (unpaired) electrons. The van der Waals surface area contributed by atoms with E-state index >= 15 is 0 Å². The Kier molecular flexibility index (Phi) is 2.90. The van der Waals surface area contributed by atoms with Crippen LogP contribution in [0.25, 0.3) is 0 Å². The van der Waals surface area contributed by atoms with E-state index in [-0.39, 0.29) is 0 Å². The highest BCUT2D eigenvalue weighted by atomic mass is 16.7. The van der Waals surface area contributed by atoms with Crippen LogP contribution in [0.3, 0.4) is 0 Å². The summed E-state index contributed by atoms with van der Waals surface area (Å²) in [6, 6.07) is 8.72. The summed E-state index contributed by atoms with van der Waals surface area (Å²) in [5, 5.41) is 0. The molecule has 0 heterocycles. The zero-order chi connectivity index (χ0) is 8.81. The quantitative estimate of drug-likeness (QED) is 0.686. The van der Waals surface area contributed by atoms with Gasteiger partial charge in [0, 0.05) is 6.20 Å². The van der Waals surface area contributed by atoms with Crippen LogP contribution in [0.5, 0.6) is 0 Å². The number of hydroxylamine groups is 1. The van der Waals surface area contributed by atoms with Crippen molar-refractivity contribution >= 4 is 5.97 Å². The highest BCUT2D eigenvalue weighted by Crippen LogP contribution is 1.99. The van der Waals surface area contributed by atoms with Crippen molar-refractivity contribution in [1.29, 1.82) is 0 Å². The molecule has 1 aromatic carbocycles. The van der Waals surface area contributed by atoms with Crippen LogP contribution >= 0.6 is 0 Å². The van der Waals surface area contributed by atoms with Crippen LogP contribution in [-0.2, 0) is 4.84 Å². The molecule has 1 aromatic rings. The zero-order valence-electron chi connectivity index (χ0n) is 6.49. The molecule has 0 fully saturated rings. The third kappa shape index (κ3) is 2.12. The number of carbonyl (C=O) groups excluding carboxylic acids is 1. The maximum absolute atomic E-state index is 11.1. The molecule has 1 rings (SSSR count). The van der Waals surface area contributed by atoms with Crippen LogP contribution in [-0.4, -0.2) is 5.97 Å². The van der Waals surface area contributed by atoms with Crippen molar-refractivity contribution < 1.29 is 9.63 Å². The lowest BCUT2D eigenvalue weighted by Crippen LogP contribution is -2.13. The van der Waals surface area contributed by atoms with E-state index in [1.54, 1.807) is 24.3 Å². The van der Waals surface area contributed by atoms with Crippen LogP contribution in [0, 0.1) is 0 Å². The molecule has 1 N–H and O–H groups in total. The van der Waals surface area contributed by atoms with E-state index in [4.69, 9.17) is 0 Å². The first kappa shape index (κ1) is 8.33. The lowest BCUT2D eigenvalue weighted by molar-refractivity contribution is 0.0350. The maximum Gasteiger partial charge on any atom is 0.362 e. The van der Waals surface area contributed by atoms with Gasteiger partial charge < -0.3 is 4.84 Å². The van der Waals surface area contributed by atoms with Gasteiger partial charge in [-0.05, 0) is 12.1 Å². The fourth-order valence-electron chi connectivity index (χ4n) is 0.728. The van der Waals surface area contributed by atoms with Crippen molar-refractivity contribution in [3.63, 3.8) is 0 Å². The van der Waals surface area contributed by atoms with Gasteiger partial charge in [-0.25, -0.2) is 10.3 Å². The Morgan fingerprint density at radius 3 is 2.67 bits per heavy atom. The van der Waals surface area contributed by atoms with Gasteiger partial charge in [0.25, 0.3) is 0 Å². The Bertz CT molecular complexity index is 269. The summed E-state index contributed by atoms with van der Waals surface area (Å²) < 4.78 is 0. The topological polar surface area (TPSA) is 38.3 Å². The Morgan fingerprint density at radius 2 is 2.08 bits per heavy atom. The number of carbonyl (C=O) groups is 1. The van der Waals surface area contributed by atoms with Crippen molar-refractivity contribution in [2.45, 2.75) is 0 Å². The summed E-state index contributed by atoms with van der Waals surface area (Å²) in [6.07, 6.45) is 1.29. The highest BCUT2D eigenvalue weighted by Gasteiger charge is 2.03. The Hall–Kier alpha value is -1.77. The van der Waals surface area contributed by atoms with E-state index in [0.29, 0.717) is 5.56 Å². The molecule has 0 aliphatic rings. The lowest BCUT2D eigenvalue weighted by atomic mass is 10.2. The second kappa shape index (κ2) is 4.18. The third-order valence-electron chi connectivity index (χ3n) is 1.24. The van der Waals surface area contributed by atoms with Crippen molar-refractivity contribution in [3.8, 4) is 0 Å². The van der Waals surface area contributed by atoms with E-state index in [9.17, 15) is 4.79 Å². The molecule has 0 bridgehead atoms. The largest absolute Gasteiger partial charge is 0.362 e. The zero-order valence-corrected chi connectivity index (χ0v) is 6.49. The summed E-state index contributed by atoms with van der Waals surface area (Å²) in [7, 11) is 0. The van der Waals surface area contributed by atoms with Gasteiger partial charge in [-0.3, -0.25) is 0 Å². The molecular weight excluding hydrogens is 154 g/mol. The minimum Gasteiger partial charge on any atom is -0.339 e. The van der Waals surface area contributed by atoms with E-state index < -0.39 is 5.97 Å². The van der Waals surface area contributed by atoms with E-state index in [2.05, 4.69) is 16.9 Å². The molecular formula is C9H9NO2. The average Bonchev–Trinajstić information content (AvgIpc) is 2.15. The molecule has 0 saturated carbocycles. The number of nitrogens with one attached hydrogen (secondary N) is 1. The van der Waals surface area contributed by atoms with E-state index in [1.807, 2.05) is 6.07 Å². The molecule has 0 spiro atoms. The molecule has 0 unspecified atom stereocenters. The minimum atomic E-state index is -0.421. The molecule has 3 nitrogen and oxygen atoms in total. The standard InChI is InChI=1S/C9H9NO2/c1-2-10-12-9(11)8-6-4-3-5-7-8/h2-7,10H,1H2. The van der Waals surface area contributed by atoms with E-state index in [0.717, 1.165) is 0 Å². The molecule has 3 heteroatoms. The number of rotatable bonds is 3. The van der Waals surface area contributed by atoms with Gasteiger partial charge in [-0.15, -0.1) is 0 Å². The fraction of sp³-hybridized carbons (Fsp3) is 0. The molecule has 0 saturated heterocycles. The highest BCUT2D eigenvalue weighted by molar-refractivity contribution is 5.89. The molecule has 0 aliphatic carbocycles. The normalized spacial score (nSPS) is 8.67. The summed E-state index contributed by atoms with van der Waals surface area (Å²) in [4.78, 5) is 15.6. The summed E-state index contributed by atoms with van der Waals surface area (Å²) in [5.41, 5.74) is 2.77. The van der Waals surface area contributed by atoms with Gasteiger partial charge in [-0.1, -0.05) is 24.8 Å². The fourth-order valence-corrected chi connectivity index (χ4v) is 0.728. The van der Waals surface area contributed by atoms with Crippen LogP contribution < -0.4 is 5.48 Å². The second-order valence-electron chi connectivity index (χ2n) is 2.08. The Labute approximate surface area is 70.6 Å². The van der Waals surface area contributed by atoms with E-state index in [1.165, 1.54) is 6.20 Å². The Balaban J connectivity index is 2.59.